The van der Waals surface area contributed by atoms with Gasteiger partial charge in [0.1, 0.15) is 0 Å². The highest BCUT2D eigenvalue weighted by molar-refractivity contribution is 5.38. The van der Waals surface area contributed by atoms with E-state index >= 15 is 0 Å². The average Bonchev–Trinajstić information content (AvgIpc) is 2.93. The van der Waals surface area contributed by atoms with Crippen LogP contribution in [0.1, 0.15) is 108 Å². The zero-order valence-electron chi connectivity index (χ0n) is 29.9. The van der Waals surface area contributed by atoms with Crippen molar-refractivity contribution in [2.75, 3.05) is 26.2 Å². The molecular formula is C42H63NO. The number of nitrogens with zero attached hydrogens (tertiary/aromatic N) is 1. The molecule has 242 valence electrons. The number of hydrogen-bond acceptors (Lipinski definition) is 2. The molecule has 0 unspecified atom stereocenters. The van der Waals surface area contributed by atoms with Gasteiger partial charge in [0, 0.05) is 19.6 Å². The molecule has 2 aliphatic carbocycles. The maximum atomic E-state index is 9.61. The van der Waals surface area contributed by atoms with E-state index in [2.05, 4.69) is 147 Å². The van der Waals surface area contributed by atoms with Gasteiger partial charge in [0.05, 0.1) is 6.61 Å². The summed E-state index contributed by atoms with van der Waals surface area (Å²) in [6.07, 6.45) is 34.2. The van der Waals surface area contributed by atoms with Gasteiger partial charge in [-0.1, -0.05) is 134 Å². The number of aliphatic hydroxyl groups excluding tert-OH is 1. The van der Waals surface area contributed by atoms with Crippen LogP contribution in [-0.4, -0.2) is 36.2 Å². The van der Waals surface area contributed by atoms with Crippen LogP contribution in [0.15, 0.2) is 117 Å². The second-order valence-corrected chi connectivity index (χ2v) is 14.4. The molecule has 0 saturated carbocycles. The fourth-order valence-corrected chi connectivity index (χ4v) is 6.35. The summed E-state index contributed by atoms with van der Waals surface area (Å²) in [5, 5.41) is 9.61. The monoisotopic (exact) mass is 597 g/mol. The summed E-state index contributed by atoms with van der Waals surface area (Å²) >= 11 is 0. The second kappa shape index (κ2) is 18.3. The Morgan fingerprint density at radius 1 is 0.659 bits per heavy atom. The second-order valence-electron chi connectivity index (χ2n) is 14.4. The highest BCUT2D eigenvalue weighted by Gasteiger charge is 2.27. The highest BCUT2D eigenvalue weighted by atomic mass is 16.3. The SMILES string of the molecule is CC(C=CC1=C(C)CCCC1(C)C)=CC=CC(C)=CCN(CC=C(C)C=CC=C(C)C=CC1=C(C)CCCC1(C)C)CCO. The molecular weight excluding hydrogens is 534 g/mol. The van der Waals surface area contributed by atoms with Crippen molar-refractivity contribution < 1.29 is 5.11 Å². The Labute approximate surface area is 271 Å². The lowest BCUT2D eigenvalue weighted by Crippen LogP contribution is -2.27. The highest BCUT2D eigenvalue weighted by Crippen LogP contribution is 2.41. The summed E-state index contributed by atoms with van der Waals surface area (Å²) < 4.78 is 0. The summed E-state index contributed by atoms with van der Waals surface area (Å²) in [7, 11) is 0. The number of rotatable bonds is 14. The molecule has 44 heavy (non-hydrogen) atoms. The third kappa shape index (κ3) is 13.1. The molecule has 2 rings (SSSR count). The molecule has 0 atom stereocenters. The Kier molecular flexibility index (Phi) is 15.6. The Morgan fingerprint density at radius 3 is 1.43 bits per heavy atom. The Bertz CT molecular complexity index is 1170. The maximum Gasteiger partial charge on any atom is 0.0558 e. The van der Waals surface area contributed by atoms with Crippen molar-refractivity contribution in [3.05, 3.63) is 117 Å². The molecule has 0 amide bonds. The molecule has 0 aromatic carbocycles. The van der Waals surface area contributed by atoms with Gasteiger partial charge < -0.3 is 5.11 Å². The minimum Gasteiger partial charge on any atom is -0.395 e. The fraction of sp³-hybridized carbons (Fsp3) is 0.524. The van der Waals surface area contributed by atoms with Crippen LogP contribution in [0.25, 0.3) is 0 Å². The van der Waals surface area contributed by atoms with Gasteiger partial charge in [-0.05, 0) is 102 Å². The minimum absolute atomic E-state index is 0.160. The van der Waals surface area contributed by atoms with Crippen LogP contribution in [0.3, 0.4) is 0 Å². The molecule has 0 aromatic heterocycles. The van der Waals surface area contributed by atoms with Crippen LogP contribution in [0.2, 0.25) is 0 Å². The quantitative estimate of drug-likeness (QED) is 0.201. The van der Waals surface area contributed by atoms with Crippen LogP contribution < -0.4 is 0 Å². The van der Waals surface area contributed by atoms with Crippen molar-refractivity contribution in [2.24, 2.45) is 10.8 Å². The predicted molar refractivity (Wildman–Crippen MR) is 196 cm³/mol. The number of aliphatic hydroxyl groups is 1. The van der Waals surface area contributed by atoms with Gasteiger partial charge in [-0.3, -0.25) is 4.90 Å². The van der Waals surface area contributed by atoms with E-state index < -0.39 is 0 Å². The molecule has 0 aliphatic heterocycles. The van der Waals surface area contributed by atoms with Crippen LogP contribution in [0.4, 0.5) is 0 Å². The lowest BCUT2D eigenvalue weighted by atomic mass is 9.72. The molecule has 0 heterocycles. The number of allylic oxidation sites excluding steroid dienone is 18. The first kappa shape index (κ1) is 37.5. The first-order valence-corrected chi connectivity index (χ1v) is 16.9. The zero-order chi connectivity index (χ0) is 32.8. The number of hydrogen-bond donors (Lipinski definition) is 1. The lowest BCUT2D eigenvalue weighted by molar-refractivity contribution is 0.220. The van der Waals surface area contributed by atoms with Crippen LogP contribution >= 0.6 is 0 Å². The summed E-state index contributed by atoms with van der Waals surface area (Å²) in [4.78, 5) is 2.27. The molecule has 2 heteroatoms. The lowest BCUT2D eigenvalue weighted by Gasteiger charge is -2.33. The summed E-state index contributed by atoms with van der Waals surface area (Å²) in [6, 6.07) is 0. The smallest absolute Gasteiger partial charge is 0.0558 e. The van der Waals surface area contributed by atoms with Crippen molar-refractivity contribution >= 4 is 0 Å². The van der Waals surface area contributed by atoms with Crippen LogP contribution in [-0.2, 0) is 0 Å². The van der Waals surface area contributed by atoms with Gasteiger partial charge in [0.25, 0.3) is 0 Å². The Balaban J connectivity index is 1.92. The summed E-state index contributed by atoms with van der Waals surface area (Å²) in [5.74, 6) is 0. The average molecular weight is 598 g/mol. The predicted octanol–water partition coefficient (Wildman–Crippen LogP) is 11.3. The van der Waals surface area contributed by atoms with Crippen molar-refractivity contribution in [1.29, 1.82) is 0 Å². The molecule has 0 radical (unpaired) electrons. The molecule has 0 saturated heterocycles. The minimum atomic E-state index is 0.160. The van der Waals surface area contributed by atoms with Crippen molar-refractivity contribution in [1.82, 2.24) is 4.90 Å². The van der Waals surface area contributed by atoms with Gasteiger partial charge in [0.2, 0.25) is 0 Å². The summed E-state index contributed by atoms with van der Waals surface area (Å²) in [5.41, 5.74) is 11.6. The topological polar surface area (TPSA) is 23.5 Å². The van der Waals surface area contributed by atoms with Crippen LogP contribution in [0.5, 0.6) is 0 Å². The van der Waals surface area contributed by atoms with Gasteiger partial charge in [-0.15, -0.1) is 0 Å². The standard InChI is InChI=1S/C42H63NO/c1-33(21-23-39-37(5)19-13-27-41(39,7)8)15-11-17-35(3)25-29-43(31-32-44)30-26-36(4)18-12-16-34(2)22-24-40-38(6)20-14-28-42(40,9)10/h11-12,15-18,21-26,44H,13-14,19-20,27-32H2,1-10H3. The third-order valence-corrected chi connectivity index (χ3v) is 9.31. The van der Waals surface area contributed by atoms with E-state index in [9.17, 15) is 5.11 Å². The van der Waals surface area contributed by atoms with E-state index in [0.29, 0.717) is 6.54 Å². The first-order valence-electron chi connectivity index (χ1n) is 16.9. The van der Waals surface area contributed by atoms with Crippen molar-refractivity contribution in [3.8, 4) is 0 Å². The van der Waals surface area contributed by atoms with E-state index in [1.54, 1.807) is 0 Å². The van der Waals surface area contributed by atoms with E-state index in [4.69, 9.17) is 0 Å². The normalized spacial score (nSPS) is 21.0. The third-order valence-electron chi connectivity index (χ3n) is 9.31. The van der Waals surface area contributed by atoms with E-state index in [-0.39, 0.29) is 17.4 Å². The molecule has 1 N–H and O–H groups in total. The zero-order valence-corrected chi connectivity index (χ0v) is 29.9. The maximum absolute atomic E-state index is 9.61. The molecule has 0 fully saturated rings. The molecule has 0 aromatic rings. The Hall–Kier alpha value is -2.68. The first-order chi connectivity index (χ1) is 20.7. The van der Waals surface area contributed by atoms with Gasteiger partial charge in [-0.2, -0.15) is 0 Å². The summed E-state index contributed by atoms with van der Waals surface area (Å²) in [6.45, 7) is 25.1. The molecule has 0 bridgehead atoms. The van der Waals surface area contributed by atoms with Crippen molar-refractivity contribution in [2.45, 2.75) is 108 Å². The van der Waals surface area contributed by atoms with E-state index in [1.807, 2.05) is 0 Å². The van der Waals surface area contributed by atoms with Crippen LogP contribution in [0, 0.1) is 10.8 Å². The molecule has 2 aliphatic rings. The molecule has 2 nitrogen and oxygen atoms in total. The van der Waals surface area contributed by atoms with Gasteiger partial charge in [0.15, 0.2) is 0 Å². The largest absolute Gasteiger partial charge is 0.395 e. The fourth-order valence-electron chi connectivity index (χ4n) is 6.35. The van der Waals surface area contributed by atoms with E-state index in [1.165, 1.54) is 83.1 Å². The molecule has 0 spiro atoms. The van der Waals surface area contributed by atoms with E-state index in [0.717, 1.165) is 13.1 Å². The van der Waals surface area contributed by atoms with Crippen molar-refractivity contribution in [3.63, 3.8) is 0 Å². The Morgan fingerprint density at radius 2 is 1.07 bits per heavy atom. The van der Waals surface area contributed by atoms with Gasteiger partial charge in [-0.25, -0.2) is 0 Å². The van der Waals surface area contributed by atoms with Gasteiger partial charge >= 0.3 is 0 Å².